The van der Waals surface area contributed by atoms with Gasteiger partial charge in [-0.1, -0.05) is 11.6 Å². The summed E-state index contributed by atoms with van der Waals surface area (Å²) >= 11 is 5.59. The lowest BCUT2D eigenvalue weighted by Gasteiger charge is -2.02. The number of sulfonamides is 1. The van der Waals surface area contributed by atoms with Crippen LogP contribution >= 0.6 is 11.6 Å². The molecule has 0 unspecified atom stereocenters. The van der Waals surface area contributed by atoms with Crippen LogP contribution in [0.15, 0.2) is 28.2 Å². The number of nitrogens with zero attached hydrogens (tertiary/aromatic N) is 3. The zero-order chi connectivity index (χ0) is 12.3. The van der Waals surface area contributed by atoms with Crippen molar-refractivity contribution in [3.8, 4) is 0 Å². The molecule has 9 heteroatoms. The van der Waals surface area contributed by atoms with Gasteiger partial charge in [0.1, 0.15) is 4.90 Å². The van der Waals surface area contributed by atoms with Gasteiger partial charge in [0.15, 0.2) is 0 Å². The Kier molecular flexibility index (Phi) is 3.51. The topological polar surface area (TPSA) is 126 Å². The number of carbonyl (C=O) groups excluding carboxylic acids is 1. The minimum atomic E-state index is -4.02. The van der Waals surface area contributed by atoms with Crippen LogP contribution < -0.4 is 5.14 Å². The van der Waals surface area contributed by atoms with Crippen molar-refractivity contribution in [3.05, 3.63) is 39.2 Å². The Hall–Kier alpha value is -1.60. The molecule has 0 saturated carbocycles. The number of carbonyl (C=O) groups is 1. The van der Waals surface area contributed by atoms with Gasteiger partial charge in [-0.2, -0.15) is 0 Å². The Morgan fingerprint density at radius 2 is 2.12 bits per heavy atom. The van der Waals surface area contributed by atoms with Crippen LogP contribution in [0.25, 0.3) is 10.4 Å². The predicted molar refractivity (Wildman–Crippen MR) is 56.3 cm³/mol. The SMILES string of the molecule is [N-]=[N+]=NC(=O)c1ccc(Cl)c(S(N)(=O)=O)c1. The van der Waals surface area contributed by atoms with Gasteiger partial charge in [0.2, 0.25) is 15.9 Å². The quantitative estimate of drug-likeness (QED) is 0.491. The molecule has 1 amide bonds. The molecule has 0 aliphatic carbocycles. The molecule has 2 N–H and O–H groups in total. The van der Waals surface area contributed by atoms with Crippen molar-refractivity contribution in [2.45, 2.75) is 4.90 Å². The zero-order valence-electron chi connectivity index (χ0n) is 7.66. The van der Waals surface area contributed by atoms with Gasteiger partial charge in [0.05, 0.1) is 5.02 Å². The van der Waals surface area contributed by atoms with Gasteiger partial charge in [-0.25, -0.2) is 13.6 Å². The number of hydrogen-bond acceptors (Lipinski definition) is 3. The summed E-state index contributed by atoms with van der Waals surface area (Å²) in [5.74, 6) is -0.913. The number of hydrogen-bond donors (Lipinski definition) is 1. The summed E-state index contributed by atoms with van der Waals surface area (Å²) < 4.78 is 22.1. The Morgan fingerprint density at radius 3 is 2.62 bits per heavy atom. The van der Waals surface area contributed by atoms with Crippen LogP contribution in [0.5, 0.6) is 0 Å². The molecule has 1 aromatic rings. The average Bonchev–Trinajstić information content (AvgIpc) is 2.16. The van der Waals surface area contributed by atoms with E-state index in [9.17, 15) is 13.2 Å². The first-order chi connectivity index (χ1) is 7.36. The summed E-state index contributed by atoms with van der Waals surface area (Å²) in [4.78, 5) is 13.0. The van der Waals surface area contributed by atoms with Crippen molar-refractivity contribution in [3.63, 3.8) is 0 Å². The molecule has 1 rings (SSSR count). The van der Waals surface area contributed by atoms with Gasteiger partial charge in [-0.15, -0.1) is 0 Å². The van der Waals surface area contributed by atoms with Crippen LogP contribution in [0.4, 0.5) is 0 Å². The lowest BCUT2D eigenvalue weighted by Crippen LogP contribution is -2.13. The molecule has 0 spiro atoms. The van der Waals surface area contributed by atoms with Crippen molar-refractivity contribution in [2.75, 3.05) is 0 Å². The number of nitrogens with two attached hydrogens (primary N) is 1. The average molecular weight is 261 g/mol. The molecule has 0 radical (unpaired) electrons. The molecular formula is C7H5ClN4O3S. The number of primary sulfonamides is 1. The lowest BCUT2D eigenvalue weighted by molar-refractivity contribution is 0.1000. The van der Waals surface area contributed by atoms with Crippen LogP contribution in [0.1, 0.15) is 10.4 Å². The van der Waals surface area contributed by atoms with Gasteiger partial charge >= 0.3 is 0 Å². The summed E-state index contributed by atoms with van der Waals surface area (Å²) in [5.41, 5.74) is 7.94. The highest BCUT2D eigenvalue weighted by atomic mass is 35.5. The van der Waals surface area contributed by atoms with E-state index in [0.717, 1.165) is 6.07 Å². The van der Waals surface area contributed by atoms with E-state index >= 15 is 0 Å². The zero-order valence-corrected chi connectivity index (χ0v) is 9.23. The van der Waals surface area contributed by atoms with Crippen molar-refractivity contribution >= 4 is 27.5 Å². The number of halogens is 1. The molecule has 0 aliphatic heterocycles. The maximum Gasteiger partial charge on any atom is 0.249 e. The summed E-state index contributed by atoms with van der Waals surface area (Å²) in [5, 5.41) is 7.57. The van der Waals surface area contributed by atoms with Crippen molar-refractivity contribution < 1.29 is 13.2 Å². The largest absolute Gasteiger partial charge is 0.287 e. The maximum atomic E-state index is 11.1. The molecule has 0 aliphatic rings. The van der Waals surface area contributed by atoms with E-state index in [1.54, 1.807) is 0 Å². The Labute approximate surface area is 95.5 Å². The lowest BCUT2D eigenvalue weighted by atomic mass is 10.2. The predicted octanol–water partition coefficient (Wildman–Crippen LogP) is 1.44. The summed E-state index contributed by atoms with van der Waals surface area (Å²) in [7, 11) is -4.02. The summed E-state index contributed by atoms with van der Waals surface area (Å²) in [6.07, 6.45) is 0. The van der Waals surface area contributed by atoms with E-state index in [0.29, 0.717) is 0 Å². The minimum Gasteiger partial charge on any atom is -0.287 e. The van der Waals surface area contributed by atoms with Crippen molar-refractivity contribution in [2.24, 2.45) is 10.3 Å². The molecule has 0 fully saturated rings. The van der Waals surface area contributed by atoms with E-state index in [1.165, 1.54) is 12.1 Å². The van der Waals surface area contributed by atoms with Crippen LogP contribution in [0.3, 0.4) is 0 Å². The fraction of sp³-hybridized carbons (Fsp3) is 0. The van der Waals surface area contributed by atoms with Gasteiger partial charge in [-0.05, 0) is 28.8 Å². The van der Waals surface area contributed by atoms with Crippen LogP contribution in [-0.2, 0) is 10.0 Å². The van der Waals surface area contributed by atoms with Gasteiger partial charge in [-0.3, -0.25) is 4.79 Å². The molecule has 1 aromatic carbocycles. The second kappa shape index (κ2) is 4.50. The third kappa shape index (κ3) is 2.71. The number of amides is 1. The number of azide groups is 1. The van der Waals surface area contributed by atoms with E-state index in [2.05, 4.69) is 10.0 Å². The van der Waals surface area contributed by atoms with Crippen LogP contribution in [0.2, 0.25) is 5.02 Å². The van der Waals surface area contributed by atoms with Crippen molar-refractivity contribution in [1.82, 2.24) is 0 Å². The highest BCUT2D eigenvalue weighted by Crippen LogP contribution is 2.21. The molecule has 0 bridgehead atoms. The van der Waals surface area contributed by atoms with Gasteiger partial charge in [0, 0.05) is 10.5 Å². The highest BCUT2D eigenvalue weighted by molar-refractivity contribution is 7.89. The first-order valence-electron chi connectivity index (χ1n) is 3.78. The molecule has 0 atom stereocenters. The smallest absolute Gasteiger partial charge is 0.249 e. The Balaban J connectivity index is 3.39. The Morgan fingerprint density at radius 1 is 1.50 bits per heavy atom. The first-order valence-corrected chi connectivity index (χ1v) is 5.70. The molecule has 0 aromatic heterocycles. The first kappa shape index (κ1) is 12.5. The van der Waals surface area contributed by atoms with Crippen molar-refractivity contribution in [1.29, 1.82) is 0 Å². The van der Waals surface area contributed by atoms with E-state index in [-0.39, 0.29) is 10.6 Å². The van der Waals surface area contributed by atoms with Gasteiger partial charge in [0.25, 0.3) is 0 Å². The minimum absolute atomic E-state index is 0.105. The second-order valence-electron chi connectivity index (χ2n) is 2.68. The standard InChI is InChI=1S/C7H5ClN4O3S/c8-5-2-1-4(7(13)11-12-9)3-6(5)16(10,14)15/h1-3H,(H2,10,14,15). The molecule has 16 heavy (non-hydrogen) atoms. The van der Waals surface area contributed by atoms with Crippen LogP contribution in [-0.4, -0.2) is 14.3 Å². The highest BCUT2D eigenvalue weighted by Gasteiger charge is 2.15. The molecule has 84 valence electrons. The van der Waals surface area contributed by atoms with Gasteiger partial charge < -0.3 is 0 Å². The fourth-order valence-corrected chi connectivity index (χ4v) is 2.02. The number of benzene rings is 1. The Bertz CT molecular complexity index is 592. The monoisotopic (exact) mass is 260 g/mol. The van der Waals surface area contributed by atoms with Crippen LogP contribution in [0, 0.1) is 0 Å². The molecular weight excluding hydrogens is 256 g/mol. The fourth-order valence-electron chi connectivity index (χ4n) is 0.953. The summed E-state index contributed by atoms with van der Waals surface area (Å²) in [6, 6.07) is 3.37. The van der Waals surface area contributed by atoms with E-state index in [4.69, 9.17) is 22.3 Å². The van der Waals surface area contributed by atoms with E-state index < -0.39 is 20.8 Å². The normalized spacial score (nSPS) is 10.6. The molecule has 7 nitrogen and oxygen atoms in total. The molecule has 0 heterocycles. The van der Waals surface area contributed by atoms with E-state index in [1.807, 2.05) is 0 Å². The number of rotatable bonds is 2. The third-order valence-corrected chi connectivity index (χ3v) is 3.01. The second-order valence-corrected chi connectivity index (χ2v) is 4.62. The summed E-state index contributed by atoms with van der Waals surface area (Å²) in [6.45, 7) is 0. The third-order valence-electron chi connectivity index (χ3n) is 1.62. The molecule has 0 saturated heterocycles. The maximum absolute atomic E-state index is 11.1.